The van der Waals surface area contributed by atoms with Crippen molar-refractivity contribution in [2.24, 2.45) is 5.10 Å². The molecule has 0 atom stereocenters. The molecule has 0 fully saturated rings. The molecule has 0 radical (unpaired) electrons. The van der Waals surface area contributed by atoms with E-state index in [1.54, 1.807) is 44.0 Å². The molecule has 8 heteroatoms. The number of aromatic nitrogens is 3. The van der Waals surface area contributed by atoms with Crippen molar-refractivity contribution in [1.29, 1.82) is 0 Å². The van der Waals surface area contributed by atoms with Gasteiger partial charge in [0.1, 0.15) is 0 Å². The monoisotopic (exact) mass is 460 g/mol. The normalized spacial score (nSPS) is 11.0. The van der Waals surface area contributed by atoms with Gasteiger partial charge >= 0.3 is 0 Å². The van der Waals surface area contributed by atoms with E-state index in [1.165, 1.54) is 5.56 Å². The lowest BCUT2D eigenvalue weighted by atomic mass is 10.2. The second-order valence-corrected chi connectivity index (χ2v) is 7.90. The van der Waals surface area contributed by atoms with Gasteiger partial charge in [-0.15, -0.1) is 10.2 Å². The average Bonchev–Trinajstić information content (AvgIpc) is 3.29. The first-order valence-corrected chi connectivity index (χ1v) is 11.2. The Morgan fingerprint density at radius 1 is 0.848 bits per heavy atom. The van der Waals surface area contributed by atoms with Crippen LogP contribution in [0.1, 0.15) is 11.1 Å². The number of methoxy groups -OCH3 is 3. The lowest BCUT2D eigenvalue weighted by Crippen LogP contribution is -1.99. The Kier molecular flexibility index (Phi) is 7.26. The SMILES string of the molecule is COc1cc(/C=N/n2c(SCc3ccccc3)nnc2-c2ccccc2)cc(OC)c1OC. The molecular formula is C25H24N4O3S. The van der Waals surface area contributed by atoms with Crippen molar-refractivity contribution >= 4 is 18.0 Å². The highest BCUT2D eigenvalue weighted by Crippen LogP contribution is 2.38. The summed E-state index contributed by atoms with van der Waals surface area (Å²) in [5.41, 5.74) is 2.92. The van der Waals surface area contributed by atoms with E-state index in [4.69, 9.17) is 19.3 Å². The fourth-order valence-corrected chi connectivity index (χ4v) is 4.09. The number of hydrogen-bond acceptors (Lipinski definition) is 7. The molecule has 4 rings (SSSR count). The van der Waals surface area contributed by atoms with Crippen molar-refractivity contribution in [3.8, 4) is 28.6 Å². The van der Waals surface area contributed by atoms with Gasteiger partial charge in [0.25, 0.3) is 0 Å². The number of nitrogens with zero attached hydrogens (tertiary/aromatic N) is 4. The molecule has 0 saturated heterocycles. The Bertz CT molecular complexity index is 1200. The van der Waals surface area contributed by atoms with E-state index < -0.39 is 0 Å². The zero-order chi connectivity index (χ0) is 23.0. The summed E-state index contributed by atoms with van der Waals surface area (Å²) < 4.78 is 18.1. The van der Waals surface area contributed by atoms with Crippen LogP contribution in [0.5, 0.6) is 17.2 Å². The second kappa shape index (κ2) is 10.7. The summed E-state index contributed by atoms with van der Waals surface area (Å²) in [4.78, 5) is 0. The first-order valence-electron chi connectivity index (χ1n) is 10.3. The van der Waals surface area contributed by atoms with Crippen LogP contribution >= 0.6 is 11.8 Å². The van der Waals surface area contributed by atoms with Gasteiger partial charge in [0.05, 0.1) is 27.5 Å². The molecule has 0 aliphatic rings. The molecule has 1 aromatic heterocycles. The third kappa shape index (κ3) is 5.18. The lowest BCUT2D eigenvalue weighted by molar-refractivity contribution is 0.324. The minimum atomic E-state index is 0.533. The Balaban J connectivity index is 1.70. The molecule has 0 aliphatic carbocycles. The van der Waals surface area contributed by atoms with Crippen molar-refractivity contribution in [2.45, 2.75) is 10.9 Å². The summed E-state index contributed by atoms with van der Waals surface area (Å²) in [6.45, 7) is 0. The van der Waals surface area contributed by atoms with Gasteiger partial charge in [-0.2, -0.15) is 9.78 Å². The number of benzene rings is 3. The summed E-state index contributed by atoms with van der Waals surface area (Å²) in [5.74, 6) is 3.07. The minimum Gasteiger partial charge on any atom is -0.493 e. The standard InChI is InChI=1S/C25H24N4O3S/c1-30-21-14-19(15-22(31-2)23(21)32-3)16-26-29-24(20-12-8-5-9-13-20)27-28-25(29)33-17-18-10-6-4-7-11-18/h4-16H,17H2,1-3H3/b26-16+. The van der Waals surface area contributed by atoms with E-state index in [9.17, 15) is 0 Å². The molecular weight excluding hydrogens is 436 g/mol. The van der Waals surface area contributed by atoms with E-state index in [0.29, 0.717) is 28.2 Å². The van der Waals surface area contributed by atoms with E-state index in [2.05, 4.69) is 22.3 Å². The van der Waals surface area contributed by atoms with Crippen LogP contribution < -0.4 is 14.2 Å². The van der Waals surface area contributed by atoms with E-state index in [1.807, 2.05) is 60.7 Å². The number of thioether (sulfide) groups is 1. The molecule has 0 bridgehead atoms. The Morgan fingerprint density at radius 2 is 1.48 bits per heavy atom. The van der Waals surface area contributed by atoms with Gasteiger partial charge in [0.15, 0.2) is 17.3 Å². The van der Waals surface area contributed by atoms with Crippen LogP contribution in [0, 0.1) is 0 Å². The summed E-state index contributed by atoms with van der Waals surface area (Å²) in [6.07, 6.45) is 1.73. The number of hydrogen-bond donors (Lipinski definition) is 0. The zero-order valence-electron chi connectivity index (χ0n) is 18.6. The van der Waals surface area contributed by atoms with Crippen LogP contribution in [0.15, 0.2) is 83.1 Å². The van der Waals surface area contributed by atoms with Gasteiger partial charge in [-0.3, -0.25) is 0 Å². The fraction of sp³-hybridized carbons (Fsp3) is 0.160. The molecule has 0 unspecified atom stereocenters. The van der Waals surface area contributed by atoms with Crippen molar-refractivity contribution in [1.82, 2.24) is 14.9 Å². The highest BCUT2D eigenvalue weighted by Gasteiger charge is 2.15. The molecule has 0 spiro atoms. The maximum absolute atomic E-state index is 5.46. The number of rotatable bonds is 9. The highest BCUT2D eigenvalue weighted by atomic mass is 32.2. The van der Waals surface area contributed by atoms with Crippen molar-refractivity contribution < 1.29 is 14.2 Å². The smallest absolute Gasteiger partial charge is 0.212 e. The van der Waals surface area contributed by atoms with Gasteiger partial charge in [0, 0.05) is 16.9 Å². The summed E-state index contributed by atoms with van der Waals surface area (Å²) >= 11 is 1.58. The van der Waals surface area contributed by atoms with Crippen LogP contribution in [0.25, 0.3) is 11.4 Å². The van der Waals surface area contributed by atoms with E-state index in [-0.39, 0.29) is 0 Å². The van der Waals surface area contributed by atoms with Gasteiger partial charge < -0.3 is 14.2 Å². The third-order valence-electron chi connectivity index (χ3n) is 4.86. The molecule has 0 aliphatic heterocycles. The zero-order valence-corrected chi connectivity index (χ0v) is 19.5. The first kappa shape index (κ1) is 22.4. The number of ether oxygens (including phenoxy) is 3. The molecule has 0 saturated carbocycles. The summed E-state index contributed by atoms with van der Waals surface area (Å²) in [6, 6.07) is 23.8. The van der Waals surface area contributed by atoms with Gasteiger partial charge in [-0.1, -0.05) is 72.4 Å². The van der Waals surface area contributed by atoms with Crippen LogP contribution in [0.3, 0.4) is 0 Å². The van der Waals surface area contributed by atoms with Gasteiger partial charge in [-0.25, -0.2) is 0 Å². The molecule has 7 nitrogen and oxygen atoms in total. The maximum Gasteiger partial charge on any atom is 0.212 e. The summed E-state index contributed by atoms with van der Waals surface area (Å²) in [7, 11) is 4.75. The molecule has 33 heavy (non-hydrogen) atoms. The van der Waals surface area contributed by atoms with E-state index in [0.717, 1.165) is 16.9 Å². The predicted octanol–water partition coefficient (Wildman–Crippen LogP) is 5.15. The molecule has 0 amide bonds. The minimum absolute atomic E-state index is 0.533. The first-order chi connectivity index (χ1) is 16.2. The predicted molar refractivity (Wildman–Crippen MR) is 131 cm³/mol. The third-order valence-corrected chi connectivity index (χ3v) is 5.85. The van der Waals surface area contributed by atoms with Crippen LogP contribution in [0.4, 0.5) is 0 Å². The van der Waals surface area contributed by atoms with E-state index >= 15 is 0 Å². The molecule has 0 N–H and O–H groups in total. The average molecular weight is 461 g/mol. The quantitative estimate of drug-likeness (QED) is 0.254. The van der Waals surface area contributed by atoms with Crippen LogP contribution in [0.2, 0.25) is 0 Å². The summed E-state index contributed by atoms with van der Waals surface area (Å²) in [5, 5.41) is 14.2. The highest BCUT2D eigenvalue weighted by molar-refractivity contribution is 7.98. The maximum atomic E-state index is 5.46. The topological polar surface area (TPSA) is 70.8 Å². The Morgan fingerprint density at radius 3 is 2.09 bits per heavy atom. The van der Waals surface area contributed by atoms with Crippen molar-refractivity contribution in [2.75, 3.05) is 21.3 Å². The van der Waals surface area contributed by atoms with Crippen molar-refractivity contribution in [3.63, 3.8) is 0 Å². The fourth-order valence-electron chi connectivity index (χ4n) is 3.25. The van der Waals surface area contributed by atoms with Gasteiger partial charge in [0.2, 0.25) is 10.9 Å². The Hall–Kier alpha value is -3.78. The molecule has 3 aromatic carbocycles. The molecule has 4 aromatic rings. The molecule has 168 valence electrons. The molecule has 1 heterocycles. The second-order valence-electron chi connectivity index (χ2n) is 6.96. The van der Waals surface area contributed by atoms with Crippen LogP contribution in [-0.2, 0) is 5.75 Å². The lowest BCUT2D eigenvalue weighted by Gasteiger charge is -2.12. The van der Waals surface area contributed by atoms with Crippen LogP contribution in [-0.4, -0.2) is 42.4 Å². The largest absolute Gasteiger partial charge is 0.493 e. The van der Waals surface area contributed by atoms with Crippen molar-refractivity contribution in [3.05, 3.63) is 83.9 Å². The van der Waals surface area contributed by atoms with Gasteiger partial charge in [-0.05, 0) is 17.7 Å². The Labute approximate surface area is 197 Å².